The van der Waals surface area contributed by atoms with Gasteiger partial charge in [0.15, 0.2) is 0 Å². The summed E-state index contributed by atoms with van der Waals surface area (Å²) in [5.74, 6) is 2.53. The minimum absolute atomic E-state index is 0.110. The second-order valence-corrected chi connectivity index (χ2v) is 2.98. The van der Waals surface area contributed by atoms with Crippen LogP contribution in [-0.4, -0.2) is 34.8 Å². The Balaban J connectivity index is 2.54. The quantitative estimate of drug-likeness (QED) is 0.503. The maximum absolute atomic E-state index is 9.49. The molecule has 11 heavy (non-hydrogen) atoms. The molecular weight excluding hydrogens is 140 g/mol. The molecule has 1 aliphatic heterocycles. The minimum Gasteiger partial charge on any atom is -0.390 e. The van der Waals surface area contributed by atoms with Gasteiger partial charge in [-0.1, -0.05) is 5.92 Å². The lowest BCUT2D eigenvalue weighted by atomic mass is 10.1. The Morgan fingerprint density at radius 1 is 1.64 bits per heavy atom. The van der Waals surface area contributed by atoms with Crippen LogP contribution in [0.4, 0.5) is 0 Å². The number of hydrogen-bond donors (Lipinski definition) is 2. The second kappa shape index (κ2) is 3.22. The van der Waals surface area contributed by atoms with Crippen molar-refractivity contribution in [2.24, 2.45) is 0 Å². The summed E-state index contributed by atoms with van der Waals surface area (Å²) in [7, 11) is 0. The fourth-order valence-corrected chi connectivity index (χ4v) is 1.35. The molecule has 62 valence electrons. The number of aliphatic hydroxyl groups is 1. The van der Waals surface area contributed by atoms with Gasteiger partial charge in [0, 0.05) is 6.04 Å². The predicted molar refractivity (Wildman–Crippen MR) is 43.6 cm³/mol. The second-order valence-electron chi connectivity index (χ2n) is 2.98. The van der Waals surface area contributed by atoms with Crippen LogP contribution < -0.4 is 5.43 Å². The molecule has 1 heterocycles. The Kier molecular flexibility index (Phi) is 2.50. The fraction of sp³-hybridized carbons (Fsp3) is 0.750. The van der Waals surface area contributed by atoms with Crippen LogP contribution >= 0.6 is 0 Å². The van der Waals surface area contributed by atoms with Crippen molar-refractivity contribution in [1.82, 2.24) is 10.4 Å². The molecular formula is C8H14N2O. The first-order chi connectivity index (χ1) is 5.16. The zero-order chi connectivity index (χ0) is 8.43. The van der Waals surface area contributed by atoms with E-state index in [4.69, 9.17) is 6.42 Å². The Hall–Kier alpha value is -0.560. The van der Waals surface area contributed by atoms with Gasteiger partial charge in [-0.15, -0.1) is 6.42 Å². The highest BCUT2D eigenvalue weighted by Crippen LogP contribution is 2.13. The SMILES string of the molecule is C#CCN1NC(C)C(O)C1C. The average Bonchev–Trinajstić information content (AvgIpc) is 2.19. The van der Waals surface area contributed by atoms with Crippen molar-refractivity contribution in [3.8, 4) is 12.3 Å². The van der Waals surface area contributed by atoms with Crippen LogP contribution in [0.1, 0.15) is 13.8 Å². The monoisotopic (exact) mass is 154 g/mol. The van der Waals surface area contributed by atoms with Gasteiger partial charge in [-0.25, -0.2) is 10.4 Å². The van der Waals surface area contributed by atoms with Crippen LogP contribution in [-0.2, 0) is 0 Å². The summed E-state index contributed by atoms with van der Waals surface area (Å²) in [5.41, 5.74) is 3.10. The highest BCUT2D eigenvalue weighted by molar-refractivity contribution is 4.95. The van der Waals surface area contributed by atoms with E-state index in [-0.39, 0.29) is 18.2 Å². The standard InChI is InChI=1S/C8H14N2O/c1-4-5-10-7(3)8(11)6(2)9-10/h1,6-9,11H,5H2,2-3H3. The van der Waals surface area contributed by atoms with Crippen LogP contribution in [0.15, 0.2) is 0 Å². The first kappa shape index (κ1) is 8.54. The van der Waals surface area contributed by atoms with Crippen molar-refractivity contribution in [3.63, 3.8) is 0 Å². The summed E-state index contributed by atoms with van der Waals surface area (Å²) in [5, 5.41) is 11.4. The molecule has 0 aromatic rings. The average molecular weight is 154 g/mol. The first-order valence-corrected chi connectivity index (χ1v) is 3.81. The Morgan fingerprint density at radius 2 is 2.27 bits per heavy atom. The fourth-order valence-electron chi connectivity index (χ4n) is 1.35. The highest BCUT2D eigenvalue weighted by Gasteiger charge is 2.33. The van der Waals surface area contributed by atoms with Crippen molar-refractivity contribution >= 4 is 0 Å². The van der Waals surface area contributed by atoms with Crippen molar-refractivity contribution < 1.29 is 5.11 Å². The van der Waals surface area contributed by atoms with E-state index in [1.165, 1.54) is 0 Å². The number of rotatable bonds is 1. The molecule has 0 aliphatic carbocycles. The Morgan fingerprint density at radius 3 is 2.64 bits per heavy atom. The molecule has 0 saturated carbocycles. The van der Waals surface area contributed by atoms with E-state index < -0.39 is 0 Å². The minimum atomic E-state index is -0.316. The van der Waals surface area contributed by atoms with Gasteiger partial charge in [-0.05, 0) is 13.8 Å². The number of nitrogens with zero attached hydrogens (tertiary/aromatic N) is 1. The molecule has 1 aliphatic rings. The van der Waals surface area contributed by atoms with Gasteiger partial charge < -0.3 is 5.11 Å². The number of hydrazine groups is 1. The molecule has 0 spiro atoms. The number of terminal acetylenes is 1. The van der Waals surface area contributed by atoms with Gasteiger partial charge in [0.05, 0.1) is 18.7 Å². The van der Waals surface area contributed by atoms with Crippen LogP contribution in [0.5, 0.6) is 0 Å². The van der Waals surface area contributed by atoms with Gasteiger partial charge in [0.2, 0.25) is 0 Å². The summed E-state index contributed by atoms with van der Waals surface area (Å²) in [4.78, 5) is 0. The third-order valence-electron chi connectivity index (χ3n) is 2.13. The van der Waals surface area contributed by atoms with Crippen molar-refractivity contribution in [1.29, 1.82) is 0 Å². The van der Waals surface area contributed by atoms with E-state index in [2.05, 4.69) is 11.3 Å². The Bertz CT molecular complexity index is 175. The molecule has 0 bridgehead atoms. The lowest BCUT2D eigenvalue weighted by molar-refractivity contribution is 0.123. The van der Waals surface area contributed by atoms with E-state index in [9.17, 15) is 5.11 Å². The van der Waals surface area contributed by atoms with E-state index >= 15 is 0 Å². The molecule has 0 aromatic heterocycles. The number of nitrogens with one attached hydrogen (secondary N) is 1. The van der Waals surface area contributed by atoms with E-state index in [1.54, 1.807) is 0 Å². The van der Waals surface area contributed by atoms with Crippen LogP contribution in [0.25, 0.3) is 0 Å². The van der Waals surface area contributed by atoms with Crippen LogP contribution in [0.2, 0.25) is 0 Å². The van der Waals surface area contributed by atoms with Crippen LogP contribution in [0, 0.1) is 12.3 Å². The zero-order valence-electron chi connectivity index (χ0n) is 6.91. The normalized spacial score (nSPS) is 38.9. The largest absolute Gasteiger partial charge is 0.390 e. The third kappa shape index (κ3) is 1.54. The topological polar surface area (TPSA) is 35.5 Å². The molecule has 3 heteroatoms. The highest BCUT2D eigenvalue weighted by atomic mass is 16.3. The zero-order valence-corrected chi connectivity index (χ0v) is 6.91. The summed E-state index contributed by atoms with van der Waals surface area (Å²) < 4.78 is 0. The number of aliphatic hydroxyl groups excluding tert-OH is 1. The summed E-state index contributed by atoms with van der Waals surface area (Å²) in [6.07, 6.45) is 4.83. The first-order valence-electron chi connectivity index (χ1n) is 3.81. The van der Waals surface area contributed by atoms with Gasteiger partial charge >= 0.3 is 0 Å². The predicted octanol–water partition coefficient (Wildman–Crippen LogP) is -0.422. The molecule has 0 radical (unpaired) electrons. The molecule has 2 N–H and O–H groups in total. The van der Waals surface area contributed by atoms with Gasteiger partial charge in [-0.2, -0.15) is 0 Å². The van der Waals surface area contributed by atoms with Gasteiger partial charge in [-0.3, -0.25) is 0 Å². The van der Waals surface area contributed by atoms with Gasteiger partial charge in [0.25, 0.3) is 0 Å². The number of hydrogen-bond acceptors (Lipinski definition) is 3. The van der Waals surface area contributed by atoms with Crippen molar-refractivity contribution in [2.75, 3.05) is 6.54 Å². The molecule has 1 fully saturated rings. The molecule has 3 unspecified atom stereocenters. The molecule has 3 nitrogen and oxygen atoms in total. The lowest BCUT2D eigenvalue weighted by Gasteiger charge is -2.18. The summed E-state index contributed by atoms with van der Waals surface area (Å²) in [6.45, 7) is 4.44. The van der Waals surface area contributed by atoms with E-state index in [1.807, 2.05) is 18.9 Å². The molecule has 1 rings (SSSR count). The molecule has 0 amide bonds. The molecule has 0 aromatic carbocycles. The van der Waals surface area contributed by atoms with Crippen LogP contribution in [0.3, 0.4) is 0 Å². The van der Waals surface area contributed by atoms with E-state index in [0.29, 0.717) is 6.54 Å². The van der Waals surface area contributed by atoms with E-state index in [0.717, 1.165) is 0 Å². The summed E-state index contributed by atoms with van der Waals surface area (Å²) in [6, 6.07) is 0.222. The lowest BCUT2D eigenvalue weighted by Crippen LogP contribution is -2.38. The molecule has 3 atom stereocenters. The maximum Gasteiger partial charge on any atom is 0.0870 e. The van der Waals surface area contributed by atoms with Gasteiger partial charge in [0.1, 0.15) is 0 Å². The maximum atomic E-state index is 9.49. The third-order valence-corrected chi connectivity index (χ3v) is 2.13. The molecule has 1 saturated heterocycles. The smallest absolute Gasteiger partial charge is 0.0870 e. The van der Waals surface area contributed by atoms with Crippen molar-refractivity contribution in [3.05, 3.63) is 0 Å². The summed E-state index contributed by atoms with van der Waals surface area (Å²) >= 11 is 0. The van der Waals surface area contributed by atoms with Crippen molar-refractivity contribution in [2.45, 2.75) is 32.0 Å². The Labute approximate surface area is 67.4 Å².